The molecule has 0 rings (SSSR count). The average Bonchev–Trinajstić information content (AvgIpc) is 2.64. The van der Waals surface area contributed by atoms with E-state index < -0.39 is 0 Å². The SMILES string of the molecule is CCC=CCC=CCCCCCCCCCCC=C(C(=O)OCC)C(C)C. The summed E-state index contributed by atoms with van der Waals surface area (Å²) in [4.78, 5) is 11.9. The molecule has 0 aliphatic heterocycles. The minimum absolute atomic E-state index is 0.139. The first-order valence-corrected chi connectivity index (χ1v) is 11.3. The van der Waals surface area contributed by atoms with Crippen LogP contribution in [0.15, 0.2) is 36.0 Å². The molecule has 0 aromatic rings. The Morgan fingerprint density at radius 3 is 1.89 bits per heavy atom. The zero-order valence-corrected chi connectivity index (χ0v) is 18.5. The summed E-state index contributed by atoms with van der Waals surface area (Å²) >= 11 is 0. The summed E-state index contributed by atoms with van der Waals surface area (Å²) in [5.74, 6) is 0.103. The van der Waals surface area contributed by atoms with Crippen molar-refractivity contribution < 1.29 is 9.53 Å². The van der Waals surface area contributed by atoms with Crippen LogP contribution < -0.4 is 0 Å². The number of carbonyl (C=O) groups is 1. The highest BCUT2D eigenvalue weighted by Gasteiger charge is 2.13. The molecule has 0 radical (unpaired) electrons. The molecule has 0 N–H and O–H groups in total. The molecule has 0 amide bonds. The van der Waals surface area contributed by atoms with Gasteiger partial charge < -0.3 is 4.74 Å². The van der Waals surface area contributed by atoms with Crippen molar-refractivity contribution in [1.82, 2.24) is 0 Å². The zero-order chi connectivity index (χ0) is 20.2. The van der Waals surface area contributed by atoms with Crippen LogP contribution in [0.5, 0.6) is 0 Å². The fourth-order valence-corrected chi connectivity index (χ4v) is 3.05. The molecule has 0 aromatic carbocycles. The highest BCUT2D eigenvalue weighted by atomic mass is 16.5. The second-order valence-corrected chi connectivity index (χ2v) is 7.53. The number of hydrogen-bond donors (Lipinski definition) is 0. The van der Waals surface area contributed by atoms with Crippen molar-refractivity contribution in [3.8, 4) is 0 Å². The number of rotatable bonds is 17. The van der Waals surface area contributed by atoms with Crippen LogP contribution in [-0.4, -0.2) is 12.6 Å². The molecule has 0 heterocycles. The molecule has 0 aliphatic rings. The van der Waals surface area contributed by atoms with Gasteiger partial charge in [-0.05, 0) is 51.4 Å². The van der Waals surface area contributed by atoms with Crippen molar-refractivity contribution in [3.05, 3.63) is 36.0 Å². The lowest BCUT2D eigenvalue weighted by molar-refractivity contribution is -0.139. The molecule has 156 valence electrons. The molecule has 0 fully saturated rings. The molecular weight excluding hydrogens is 332 g/mol. The van der Waals surface area contributed by atoms with Gasteiger partial charge in [-0.25, -0.2) is 4.79 Å². The third-order valence-electron chi connectivity index (χ3n) is 4.66. The van der Waals surface area contributed by atoms with E-state index in [9.17, 15) is 4.79 Å². The van der Waals surface area contributed by atoms with Gasteiger partial charge in [-0.2, -0.15) is 0 Å². The first-order valence-electron chi connectivity index (χ1n) is 11.3. The minimum Gasteiger partial charge on any atom is -0.463 e. The van der Waals surface area contributed by atoms with Gasteiger partial charge >= 0.3 is 5.97 Å². The Morgan fingerprint density at radius 2 is 1.33 bits per heavy atom. The van der Waals surface area contributed by atoms with Gasteiger partial charge in [0.2, 0.25) is 0 Å². The van der Waals surface area contributed by atoms with Crippen LogP contribution in [0.2, 0.25) is 0 Å². The smallest absolute Gasteiger partial charge is 0.333 e. The van der Waals surface area contributed by atoms with Gasteiger partial charge in [-0.15, -0.1) is 0 Å². The molecule has 0 saturated carbocycles. The van der Waals surface area contributed by atoms with E-state index in [1.54, 1.807) is 0 Å². The third kappa shape index (κ3) is 16.6. The summed E-state index contributed by atoms with van der Waals surface area (Å²) < 4.78 is 5.13. The van der Waals surface area contributed by atoms with Gasteiger partial charge in [0.1, 0.15) is 0 Å². The predicted octanol–water partition coefficient (Wildman–Crippen LogP) is 7.95. The van der Waals surface area contributed by atoms with Crippen LogP contribution in [0.3, 0.4) is 0 Å². The average molecular weight is 377 g/mol. The van der Waals surface area contributed by atoms with E-state index in [2.05, 4.69) is 51.2 Å². The van der Waals surface area contributed by atoms with Gasteiger partial charge in [-0.1, -0.05) is 89.7 Å². The molecule has 2 nitrogen and oxygen atoms in total. The van der Waals surface area contributed by atoms with Gasteiger partial charge in [0.05, 0.1) is 6.61 Å². The van der Waals surface area contributed by atoms with E-state index in [0.29, 0.717) is 6.61 Å². The largest absolute Gasteiger partial charge is 0.463 e. The lowest BCUT2D eigenvalue weighted by Gasteiger charge is -2.10. The Labute approximate surface area is 169 Å². The van der Waals surface area contributed by atoms with E-state index in [4.69, 9.17) is 4.74 Å². The topological polar surface area (TPSA) is 26.3 Å². The van der Waals surface area contributed by atoms with Gasteiger partial charge in [-0.3, -0.25) is 0 Å². The Bertz CT molecular complexity index is 430. The summed E-state index contributed by atoms with van der Waals surface area (Å²) in [6, 6.07) is 0. The van der Waals surface area contributed by atoms with Crippen LogP contribution in [0.4, 0.5) is 0 Å². The Balaban J connectivity index is 3.55. The van der Waals surface area contributed by atoms with Crippen molar-refractivity contribution in [2.45, 2.75) is 105 Å². The first-order chi connectivity index (χ1) is 13.1. The molecule has 2 heteroatoms. The van der Waals surface area contributed by atoms with Crippen molar-refractivity contribution in [3.63, 3.8) is 0 Å². The van der Waals surface area contributed by atoms with E-state index in [-0.39, 0.29) is 11.9 Å². The molecule has 0 saturated heterocycles. The van der Waals surface area contributed by atoms with E-state index in [0.717, 1.165) is 24.8 Å². The molecule has 0 unspecified atom stereocenters. The molecule has 27 heavy (non-hydrogen) atoms. The highest BCUT2D eigenvalue weighted by Crippen LogP contribution is 2.15. The van der Waals surface area contributed by atoms with Gasteiger partial charge in [0.15, 0.2) is 0 Å². The second kappa shape index (κ2) is 19.5. The maximum Gasteiger partial charge on any atom is 0.333 e. The summed E-state index contributed by atoms with van der Waals surface area (Å²) in [7, 11) is 0. The summed E-state index contributed by atoms with van der Waals surface area (Å²) in [5.41, 5.74) is 0.840. The lowest BCUT2D eigenvalue weighted by atomic mass is 10.0. The Kier molecular flexibility index (Phi) is 18.5. The van der Waals surface area contributed by atoms with Crippen molar-refractivity contribution in [2.75, 3.05) is 6.61 Å². The Hall–Kier alpha value is -1.31. The van der Waals surface area contributed by atoms with Crippen LogP contribution in [0.25, 0.3) is 0 Å². The fourth-order valence-electron chi connectivity index (χ4n) is 3.05. The molecule has 0 bridgehead atoms. The number of carbonyl (C=O) groups excluding carboxylic acids is 1. The molecule has 0 spiro atoms. The maximum atomic E-state index is 11.9. The quantitative estimate of drug-likeness (QED) is 0.111. The van der Waals surface area contributed by atoms with E-state index in [1.807, 2.05) is 6.92 Å². The summed E-state index contributed by atoms with van der Waals surface area (Å²) in [6.45, 7) is 8.60. The summed E-state index contributed by atoms with van der Waals surface area (Å²) in [6.07, 6.45) is 26.1. The predicted molar refractivity (Wildman–Crippen MR) is 119 cm³/mol. The van der Waals surface area contributed by atoms with Crippen LogP contribution in [0.1, 0.15) is 105 Å². The normalized spacial score (nSPS) is 12.6. The molecule has 0 aliphatic carbocycles. The van der Waals surface area contributed by atoms with Crippen molar-refractivity contribution >= 4 is 5.97 Å². The van der Waals surface area contributed by atoms with Crippen LogP contribution >= 0.6 is 0 Å². The van der Waals surface area contributed by atoms with Crippen LogP contribution in [0, 0.1) is 5.92 Å². The second-order valence-electron chi connectivity index (χ2n) is 7.53. The number of esters is 1. The summed E-state index contributed by atoms with van der Waals surface area (Å²) in [5, 5.41) is 0. The highest BCUT2D eigenvalue weighted by molar-refractivity contribution is 5.88. The third-order valence-corrected chi connectivity index (χ3v) is 4.66. The zero-order valence-electron chi connectivity index (χ0n) is 18.5. The van der Waals surface area contributed by atoms with Gasteiger partial charge in [0.25, 0.3) is 0 Å². The number of allylic oxidation sites excluding steroid dienone is 5. The first kappa shape index (κ1) is 25.7. The maximum absolute atomic E-state index is 11.9. The minimum atomic E-state index is -0.139. The molecule has 0 aromatic heterocycles. The number of hydrogen-bond acceptors (Lipinski definition) is 2. The van der Waals surface area contributed by atoms with Crippen molar-refractivity contribution in [2.24, 2.45) is 5.92 Å². The van der Waals surface area contributed by atoms with E-state index >= 15 is 0 Å². The van der Waals surface area contributed by atoms with Crippen LogP contribution in [-0.2, 0) is 9.53 Å². The monoisotopic (exact) mass is 376 g/mol. The molecule has 0 atom stereocenters. The lowest BCUT2D eigenvalue weighted by Crippen LogP contribution is -2.12. The molecular formula is C25H44O2. The number of ether oxygens (including phenoxy) is 1. The van der Waals surface area contributed by atoms with E-state index in [1.165, 1.54) is 57.8 Å². The van der Waals surface area contributed by atoms with Crippen molar-refractivity contribution in [1.29, 1.82) is 0 Å². The standard InChI is InChI=1S/C25H44O2/c1-5-7-8-9-10-11-12-13-14-15-16-17-18-19-20-21-22-24(23(3)4)25(26)27-6-2/h7-8,10-11,22-23H,5-6,9,12-21H2,1-4H3. The Morgan fingerprint density at radius 1 is 0.778 bits per heavy atom. The van der Waals surface area contributed by atoms with Gasteiger partial charge in [0, 0.05) is 5.57 Å². The number of unbranched alkanes of at least 4 members (excludes halogenated alkanes) is 9. The fraction of sp³-hybridized carbons (Fsp3) is 0.720.